The number of methoxy groups -OCH3 is 1. The molecule has 7 nitrogen and oxygen atoms in total. The summed E-state index contributed by atoms with van der Waals surface area (Å²) in [5, 5.41) is 11.1. The predicted molar refractivity (Wildman–Crippen MR) is 84.8 cm³/mol. The van der Waals surface area contributed by atoms with Crippen LogP contribution in [0.2, 0.25) is 0 Å². The molecule has 1 aromatic rings. The summed E-state index contributed by atoms with van der Waals surface area (Å²) in [7, 11) is 3.20. The van der Waals surface area contributed by atoms with E-state index in [2.05, 4.69) is 0 Å². The maximum atomic E-state index is 12.2. The molecule has 23 heavy (non-hydrogen) atoms. The van der Waals surface area contributed by atoms with Crippen molar-refractivity contribution in [2.24, 2.45) is 0 Å². The number of likely N-dealkylation sites (N-methyl/N-ethyl adjacent to an activating group) is 1. The SMILES string of the molecule is COc1ccc(OCC(=O)N(C)C2CCCCC2)c([N+](=O)[O-])c1. The van der Waals surface area contributed by atoms with Crippen LogP contribution in [0.15, 0.2) is 18.2 Å². The zero-order valence-electron chi connectivity index (χ0n) is 13.5. The molecule has 0 aliphatic heterocycles. The number of nitrogens with zero attached hydrogens (tertiary/aromatic N) is 2. The summed E-state index contributed by atoms with van der Waals surface area (Å²) >= 11 is 0. The molecule has 0 N–H and O–H groups in total. The number of amides is 1. The van der Waals surface area contributed by atoms with Gasteiger partial charge in [0.1, 0.15) is 5.75 Å². The summed E-state index contributed by atoms with van der Waals surface area (Å²) in [5.41, 5.74) is -0.211. The van der Waals surface area contributed by atoms with Crippen LogP contribution in [-0.4, -0.2) is 42.5 Å². The number of hydrogen-bond acceptors (Lipinski definition) is 5. The Morgan fingerprint density at radius 1 is 1.35 bits per heavy atom. The molecule has 0 unspecified atom stereocenters. The van der Waals surface area contributed by atoms with E-state index in [1.807, 2.05) is 0 Å². The first-order chi connectivity index (χ1) is 11.0. The van der Waals surface area contributed by atoms with Gasteiger partial charge in [0.15, 0.2) is 12.4 Å². The van der Waals surface area contributed by atoms with E-state index in [0.717, 1.165) is 25.7 Å². The lowest BCUT2D eigenvalue weighted by Gasteiger charge is -2.31. The quantitative estimate of drug-likeness (QED) is 0.594. The van der Waals surface area contributed by atoms with E-state index in [0.29, 0.717) is 5.75 Å². The first-order valence-electron chi connectivity index (χ1n) is 7.74. The Bertz CT molecular complexity index is 570. The van der Waals surface area contributed by atoms with Crippen LogP contribution in [0.3, 0.4) is 0 Å². The fourth-order valence-electron chi connectivity index (χ4n) is 2.80. The Morgan fingerprint density at radius 3 is 2.65 bits per heavy atom. The van der Waals surface area contributed by atoms with E-state index >= 15 is 0 Å². The molecule has 2 rings (SSSR count). The van der Waals surface area contributed by atoms with Crippen LogP contribution in [0.1, 0.15) is 32.1 Å². The van der Waals surface area contributed by atoms with Crippen molar-refractivity contribution < 1.29 is 19.2 Å². The largest absolute Gasteiger partial charge is 0.496 e. The van der Waals surface area contributed by atoms with E-state index in [4.69, 9.17) is 9.47 Å². The Hall–Kier alpha value is -2.31. The van der Waals surface area contributed by atoms with E-state index < -0.39 is 4.92 Å². The molecule has 7 heteroatoms. The van der Waals surface area contributed by atoms with Gasteiger partial charge in [-0.3, -0.25) is 14.9 Å². The number of carbonyl (C=O) groups excluding carboxylic acids is 1. The number of carbonyl (C=O) groups is 1. The topological polar surface area (TPSA) is 81.9 Å². The average Bonchev–Trinajstić information content (AvgIpc) is 2.59. The number of benzene rings is 1. The van der Waals surface area contributed by atoms with Crippen molar-refractivity contribution in [3.8, 4) is 11.5 Å². The number of nitro benzene ring substituents is 1. The van der Waals surface area contributed by atoms with Gasteiger partial charge in [0.05, 0.1) is 18.1 Å². The molecule has 1 aliphatic rings. The van der Waals surface area contributed by atoms with Crippen molar-refractivity contribution in [3.63, 3.8) is 0 Å². The fraction of sp³-hybridized carbons (Fsp3) is 0.562. The minimum Gasteiger partial charge on any atom is -0.496 e. The van der Waals surface area contributed by atoms with Gasteiger partial charge in [-0.25, -0.2) is 0 Å². The Kier molecular flexibility index (Phi) is 5.78. The third-order valence-corrected chi connectivity index (χ3v) is 4.23. The summed E-state index contributed by atoms with van der Waals surface area (Å²) in [6.45, 7) is -0.208. The van der Waals surface area contributed by atoms with Crippen LogP contribution < -0.4 is 9.47 Å². The van der Waals surface area contributed by atoms with Gasteiger partial charge in [0.25, 0.3) is 5.91 Å². The average molecular weight is 322 g/mol. The van der Waals surface area contributed by atoms with Crippen LogP contribution in [0, 0.1) is 10.1 Å². The smallest absolute Gasteiger partial charge is 0.314 e. The van der Waals surface area contributed by atoms with Crippen molar-refractivity contribution in [1.29, 1.82) is 0 Å². The third kappa shape index (κ3) is 4.34. The van der Waals surface area contributed by atoms with Crippen molar-refractivity contribution in [2.45, 2.75) is 38.1 Å². The van der Waals surface area contributed by atoms with Crippen molar-refractivity contribution in [3.05, 3.63) is 28.3 Å². The number of ether oxygens (including phenoxy) is 2. The Labute approximate surface area is 135 Å². The van der Waals surface area contributed by atoms with Gasteiger partial charge in [-0.05, 0) is 25.0 Å². The lowest BCUT2D eigenvalue weighted by Crippen LogP contribution is -2.40. The third-order valence-electron chi connectivity index (χ3n) is 4.23. The van der Waals surface area contributed by atoms with Crippen LogP contribution in [0.4, 0.5) is 5.69 Å². The number of hydrogen-bond donors (Lipinski definition) is 0. The van der Waals surface area contributed by atoms with Crippen LogP contribution in [-0.2, 0) is 4.79 Å². The molecule has 0 radical (unpaired) electrons. The molecular weight excluding hydrogens is 300 g/mol. The zero-order valence-corrected chi connectivity index (χ0v) is 13.5. The first kappa shape index (κ1) is 17.1. The second-order valence-electron chi connectivity index (χ2n) is 5.68. The molecule has 1 aliphatic carbocycles. The zero-order chi connectivity index (χ0) is 16.8. The molecule has 0 heterocycles. The van der Waals surface area contributed by atoms with Gasteiger partial charge in [-0.2, -0.15) is 0 Å². The molecule has 0 atom stereocenters. The van der Waals surface area contributed by atoms with E-state index in [1.165, 1.54) is 25.7 Å². The summed E-state index contributed by atoms with van der Waals surface area (Å²) in [6, 6.07) is 4.54. The Balaban J connectivity index is 1.99. The molecule has 126 valence electrons. The first-order valence-corrected chi connectivity index (χ1v) is 7.74. The summed E-state index contributed by atoms with van der Waals surface area (Å²) in [4.78, 5) is 24.5. The fourth-order valence-corrected chi connectivity index (χ4v) is 2.80. The normalized spacial score (nSPS) is 15.0. The maximum absolute atomic E-state index is 12.2. The summed E-state index contributed by atoms with van der Waals surface area (Å²) in [6.07, 6.45) is 5.49. The molecule has 0 aromatic heterocycles. The maximum Gasteiger partial charge on any atom is 0.314 e. The number of nitro groups is 1. The van der Waals surface area contributed by atoms with Crippen molar-refractivity contribution in [2.75, 3.05) is 20.8 Å². The molecule has 1 saturated carbocycles. The minimum atomic E-state index is -0.548. The number of rotatable bonds is 6. The van der Waals surface area contributed by atoms with E-state index in [-0.39, 0.29) is 30.0 Å². The van der Waals surface area contributed by atoms with Crippen molar-refractivity contribution in [1.82, 2.24) is 4.90 Å². The van der Waals surface area contributed by atoms with Gasteiger partial charge < -0.3 is 14.4 Å². The second kappa shape index (κ2) is 7.80. The Morgan fingerprint density at radius 2 is 2.04 bits per heavy atom. The summed E-state index contributed by atoms with van der Waals surface area (Å²) < 4.78 is 10.4. The van der Waals surface area contributed by atoms with E-state index in [1.54, 1.807) is 18.0 Å². The van der Waals surface area contributed by atoms with Gasteiger partial charge in [-0.1, -0.05) is 19.3 Å². The lowest BCUT2D eigenvalue weighted by molar-refractivity contribution is -0.385. The molecular formula is C16H22N2O5. The van der Waals surface area contributed by atoms with Crippen molar-refractivity contribution >= 4 is 11.6 Å². The highest BCUT2D eigenvalue weighted by molar-refractivity contribution is 5.78. The molecule has 1 aromatic carbocycles. The van der Waals surface area contributed by atoms with Gasteiger partial charge in [0, 0.05) is 13.1 Å². The lowest BCUT2D eigenvalue weighted by atomic mass is 9.94. The van der Waals surface area contributed by atoms with Crippen LogP contribution >= 0.6 is 0 Å². The minimum absolute atomic E-state index is 0.0706. The van der Waals surface area contributed by atoms with Gasteiger partial charge in [0.2, 0.25) is 0 Å². The molecule has 0 bridgehead atoms. The molecule has 0 spiro atoms. The standard InChI is InChI=1S/C16H22N2O5/c1-17(12-6-4-3-5-7-12)16(19)11-23-15-9-8-13(22-2)10-14(15)18(20)21/h8-10,12H,3-7,11H2,1-2H3. The van der Waals surface area contributed by atoms with Gasteiger partial charge >= 0.3 is 5.69 Å². The highest BCUT2D eigenvalue weighted by Gasteiger charge is 2.23. The highest BCUT2D eigenvalue weighted by atomic mass is 16.6. The molecule has 0 saturated heterocycles. The molecule has 1 amide bonds. The monoisotopic (exact) mass is 322 g/mol. The molecule has 1 fully saturated rings. The predicted octanol–water partition coefficient (Wildman–Crippen LogP) is 2.77. The second-order valence-corrected chi connectivity index (χ2v) is 5.68. The van der Waals surface area contributed by atoms with Crippen LogP contribution in [0.25, 0.3) is 0 Å². The van der Waals surface area contributed by atoms with Gasteiger partial charge in [-0.15, -0.1) is 0 Å². The van der Waals surface area contributed by atoms with E-state index in [9.17, 15) is 14.9 Å². The summed E-state index contributed by atoms with van der Waals surface area (Å²) in [5.74, 6) is 0.276. The van der Waals surface area contributed by atoms with Crippen LogP contribution in [0.5, 0.6) is 11.5 Å². The highest BCUT2D eigenvalue weighted by Crippen LogP contribution is 2.31.